The number of esters is 1. The quantitative estimate of drug-likeness (QED) is 0.616. The minimum absolute atomic E-state index is 0.253. The van der Waals surface area contributed by atoms with Gasteiger partial charge in [-0.05, 0) is 50.6 Å². The fraction of sp³-hybridized carbons (Fsp3) is 0.348. The van der Waals surface area contributed by atoms with Gasteiger partial charge in [0.05, 0.1) is 17.7 Å². The molecule has 0 spiro atoms. The topological polar surface area (TPSA) is 71.5 Å². The summed E-state index contributed by atoms with van der Waals surface area (Å²) in [7, 11) is 0. The third-order valence-electron chi connectivity index (χ3n) is 5.38. The highest BCUT2D eigenvalue weighted by Gasteiger charge is 2.29. The standard InChI is InChI=1S/C23H25N3O3S/c1-4-26-11-10-17-19(13-26)30-22(20(17)23(28)29-5-2)25-21(27)16-9-8-15-7-6-14(3)24-18(15)12-16/h6-9,12H,4-5,10-11,13H2,1-3H3,(H,25,27). The maximum atomic E-state index is 13.0. The second-order valence-electron chi connectivity index (χ2n) is 7.36. The maximum absolute atomic E-state index is 13.0. The average molecular weight is 424 g/mol. The minimum atomic E-state index is -0.369. The van der Waals surface area contributed by atoms with Crippen molar-refractivity contribution in [1.82, 2.24) is 9.88 Å². The fourth-order valence-corrected chi connectivity index (χ4v) is 5.04. The highest BCUT2D eigenvalue weighted by Crippen LogP contribution is 2.38. The molecule has 7 heteroatoms. The lowest BCUT2D eigenvalue weighted by molar-refractivity contribution is 0.0526. The van der Waals surface area contributed by atoms with Crippen LogP contribution in [0.4, 0.5) is 5.00 Å². The molecule has 4 rings (SSSR count). The van der Waals surface area contributed by atoms with Gasteiger partial charge in [-0.2, -0.15) is 0 Å². The first kappa shape index (κ1) is 20.5. The van der Waals surface area contributed by atoms with E-state index >= 15 is 0 Å². The number of likely N-dealkylation sites (N-methyl/N-ethyl adjacent to an activating group) is 1. The lowest BCUT2D eigenvalue weighted by Crippen LogP contribution is -2.30. The number of hydrogen-bond acceptors (Lipinski definition) is 6. The van der Waals surface area contributed by atoms with Crippen LogP contribution in [-0.4, -0.2) is 41.5 Å². The Morgan fingerprint density at radius 2 is 2.03 bits per heavy atom. The third kappa shape index (κ3) is 3.95. The van der Waals surface area contributed by atoms with Gasteiger partial charge in [-0.3, -0.25) is 14.7 Å². The van der Waals surface area contributed by atoms with Gasteiger partial charge in [0, 0.05) is 34.6 Å². The highest BCUT2D eigenvalue weighted by atomic mass is 32.1. The molecule has 0 atom stereocenters. The summed E-state index contributed by atoms with van der Waals surface area (Å²) in [6, 6.07) is 9.40. The van der Waals surface area contributed by atoms with Gasteiger partial charge in [0.1, 0.15) is 5.00 Å². The SMILES string of the molecule is CCOC(=O)c1c(NC(=O)c2ccc3ccc(C)nc3c2)sc2c1CCN(CC)C2. The maximum Gasteiger partial charge on any atom is 0.341 e. The number of carbonyl (C=O) groups is 2. The number of nitrogens with zero attached hydrogens (tertiary/aromatic N) is 2. The summed E-state index contributed by atoms with van der Waals surface area (Å²) >= 11 is 1.47. The number of benzene rings is 1. The van der Waals surface area contributed by atoms with E-state index in [1.165, 1.54) is 11.3 Å². The van der Waals surface area contributed by atoms with Gasteiger partial charge in [0.2, 0.25) is 0 Å². The van der Waals surface area contributed by atoms with E-state index in [1.54, 1.807) is 19.1 Å². The van der Waals surface area contributed by atoms with Crippen molar-refractivity contribution in [3.63, 3.8) is 0 Å². The van der Waals surface area contributed by atoms with Crippen molar-refractivity contribution < 1.29 is 14.3 Å². The molecule has 1 aromatic carbocycles. The van der Waals surface area contributed by atoms with E-state index in [-0.39, 0.29) is 11.9 Å². The number of ether oxygens (including phenoxy) is 1. The predicted octanol–water partition coefficient (Wildman–Crippen LogP) is 4.41. The summed E-state index contributed by atoms with van der Waals surface area (Å²) in [6.45, 7) is 8.78. The van der Waals surface area contributed by atoms with Crippen molar-refractivity contribution in [2.45, 2.75) is 33.7 Å². The lowest BCUT2D eigenvalue weighted by atomic mass is 10.0. The Hall–Kier alpha value is -2.77. The molecule has 0 bridgehead atoms. The molecular weight excluding hydrogens is 398 g/mol. The minimum Gasteiger partial charge on any atom is -0.462 e. The number of anilines is 1. The Bertz CT molecular complexity index is 1120. The van der Waals surface area contributed by atoms with Crippen LogP contribution in [-0.2, 0) is 17.7 Å². The van der Waals surface area contributed by atoms with Crippen LogP contribution < -0.4 is 5.32 Å². The van der Waals surface area contributed by atoms with Crippen molar-refractivity contribution in [3.05, 3.63) is 57.6 Å². The van der Waals surface area contributed by atoms with Crippen LogP contribution in [0.25, 0.3) is 10.9 Å². The number of aryl methyl sites for hydroxylation is 1. The molecule has 6 nitrogen and oxygen atoms in total. The van der Waals surface area contributed by atoms with Gasteiger partial charge in [-0.25, -0.2) is 4.79 Å². The molecule has 1 N–H and O–H groups in total. The van der Waals surface area contributed by atoms with Crippen LogP contribution in [0.2, 0.25) is 0 Å². The summed E-state index contributed by atoms with van der Waals surface area (Å²) < 4.78 is 5.30. The van der Waals surface area contributed by atoms with E-state index in [1.807, 2.05) is 25.1 Å². The Kier molecular flexibility index (Phi) is 5.83. The Morgan fingerprint density at radius 1 is 1.23 bits per heavy atom. The summed E-state index contributed by atoms with van der Waals surface area (Å²) in [6.07, 6.45) is 0.781. The van der Waals surface area contributed by atoms with E-state index in [2.05, 4.69) is 22.1 Å². The molecule has 156 valence electrons. The predicted molar refractivity (Wildman–Crippen MR) is 119 cm³/mol. The fourth-order valence-electron chi connectivity index (χ4n) is 3.77. The molecule has 0 unspecified atom stereocenters. The number of thiophene rings is 1. The second kappa shape index (κ2) is 8.53. The molecule has 0 aliphatic carbocycles. The summed E-state index contributed by atoms with van der Waals surface area (Å²) in [4.78, 5) is 33.7. The number of rotatable bonds is 5. The molecule has 0 saturated carbocycles. The van der Waals surface area contributed by atoms with Crippen LogP contribution in [0, 0.1) is 6.92 Å². The summed E-state index contributed by atoms with van der Waals surface area (Å²) in [5.41, 5.74) is 3.70. The largest absolute Gasteiger partial charge is 0.462 e. The van der Waals surface area contributed by atoms with Gasteiger partial charge in [-0.1, -0.05) is 19.1 Å². The van der Waals surface area contributed by atoms with Crippen LogP contribution in [0.15, 0.2) is 30.3 Å². The van der Waals surface area contributed by atoms with Gasteiger partial charge in [-0.15, -0.1) is 11.3 Å². The molecule has 2 aromatic heterocycles. The zero-order valence-electron chi connectivity index (χ0n) is 17.4. The number of pyridine rings is 1. The molecular formula is C23H25N3O3S. The first-order valence-electron chi connectivity index (χ1n) is 10.2. The zero-order chi connectivity index (χ0) is 21.3. The lowest BCUT2D eigenvalue weighted by Gasteiger charge is -2.25. The van der Waals surface area contributed by atoms with Gasteiger partial charge < -0.3 is 10.1 Å². The number of hydrogen-bond donors (Lipinski definition) is 1. The first-order chi connectivity index (χ1) is 14.5. The third-order valence-corrected chi connectivity index (χ3v) is 6.52. The Balaban J connectivity index is 1.67. The van der Waals surface area contributed by atoms with Gasteiger partial charge in [0.25, 0.3) is 5.91 Å². The molecule has 1 aliphatic rings. The molecule has 1 amide bonds. The number of nitrogens with one attached hydrogen (secondary N) is 1. The highest BCUT2D eigenvalue weighted by molar-refractivity contribution is 7.17. The molecule has 0 fully saturated rings. The van der Waals surface area contributed by atoms with Crippen molar-refractivity contribution >= 4 is 39.1 Å². The van der Waals surface area contributed by atoms with E-state index < -0.39 is 0 Å². The number of aromatic nitrogens is 1. The van der Waals surface area contributed by atoms with Crippen LogP contribution in [0.3, 0.4) is 0 Å². The van der Waals surface area contributed by atoms with Crippen molar-refractivity contribution in [2.24, 2.45) is 0 Å². The molecule has 3 heterocycles. The van der Waals surface area contributed by atoms with Crippen molar-refractivity contribution in [3.8, 4) is 0 Å². The number of carbonyl (C=O) groups excluding carboxylic acids is 2. The smallest absolute Gasteiger partial charge is 0.341 e. The Labute approximate surface area is 179 Å². The molecule has 1 aliphatic heterocycles. The van der Waals surface area contributed by atoms with Crippen LogP contribution in [0.5, 0.6) is 0 Å². The normalized spacial score (nSPS) is 13.8. The van der Waals surface area contributed by atoms with E-state index in [4.69, 9.17) is 4.74 Å². The van der Waals surface area contributed by atoms with Crippen LogP contribution in [0.1, 0.15) is 50.7 Å². The summed E-state index contributed by atoms with van der Waals surface area (Å²) in [5.74, 6) is -0.622. The van der Waals surface area contributed by atoms with Crippen LogP contribution >= 0.6 is 11.3 Å². The molecule has 3 aromatic rings. The number of fused-ring (bicyclic) bond motifs is 2. The summed E-state index contributed by atoms with van der Waals surface area (Å²) in [5, 5.41) is 4.52. The number of amides is 1. The molecule has 30 heavy (non-hydrogen) atoms. The van der Waals surface area contributed by atoms with Gasteiger partial charge in [0.15, 0.2) is 0 Å². The molecule has 0 saturated heterocycles. The average Bonchev–Trinajstić information content (AvgIpc) is 3.10. The Morgan fingerprint density at radius 3 is 2.80 bits per heavy atom. The van der Waals surface area contributed by atoms with Crippen molar-refractivity contribution in [2.75, 3.05) is 25.0 Å². The van der Waals surface area contributed by atoms with Crippen molar-refractivity contribution in [1.29, 1.82) is 0 Å². The van der Waals surface area contributed by atoms with E-state index in [0.29, 0.717) is 22.7 Å². The van der Waals surface area contributed by atoms with E-state index in [0.717, 1.165) is 53.1 Å². The monoisotopic (exact) mass is 423 g/mol. The molecule has 0 radical (unpaired) electrons. The van der Waals surface area contributed by atoms with E-state index in [9.17, 15) is 9.59 Å². The second-order valence-corrected chi connectivity index (χ2v) is 8.47. The van der Waals surface area contributed by atoms with Gasteiger partial charge >= 0.3 is 5.97 Å². The zero-order valence-corrected chi connectivity index (χ0v) is 18.3. The first-order valence-corrected chi connectivity index (χ1v) is 11.0.